The lowest BCUT2D eigenvalue weighted by atomic mass is 9.66. The van der Waals surface area contributed by atoms with E-state index in [4.69, 9.17) is 0 Å². The van der Waals surface area contributed by atoms with E-state index in [1.54, 1.807) is 0 Å². The topological polar surface area (TPSA) is 12.0 Å². The van der Waals surface area contributed by atoms with E-state index in [0.29, 0.717) is 5.92 Å². The van der Waals surface area contributed by atoms with Gasteiger partial charge in [0.05, 0.1) is 6.04 Å². The van der Waals surface area contributed by atoms with Gasteiger partial charge in [-0.1, -0.05) is 75.4 Å². The number of anilines is 1. The van der Waals surface area contributed by atoms with Crippen molar-refractivity contribution >= 4 is 23.4 Å². The molecule has 5 rings (SSSR count). The molecule has 0 spiro atoms. The summed E-state index contributed by atoms with van der Waals surface area (Å²) in [6.07, 6.45) is 8.20. The smallest absolute Gasteiger partial charge is 0.0773 e. The molecule has 0 bridgehead atoms. The molecule has 2 aliphatic carbocycles. The summed E-state index contributed by atoms with van der Waals surface area (Å²) in [7, 11) is 0. The molecule has 1 nitrogen and oxygen atoms in total. The van der Waals surface area contributed by atoms with Crippen LogP contribution in [0, 0.1) is 18.3 Å². The fourth-order valence-electron chi connectivity index (χ4n) is 5.56. The second-order valence-electron chi connectivity index (χ2n) is 10.1. The van der Waals surface area contributed by atoms with Crippen molar-refractivity contribution in [2.45, 2.75) is 53.0 Å². The lowest BCUT2D eigenvalue weighted by molar-refractivity contribution is 0.363. The molecular formula is C28H31N. The van der Waals surface area contributed by atoms with Gasteiger partial charge < -0.3 is 5.32 Å². The van der Waals surface area contributed by atoms with Crippen LogP contribution in [0.25, 0.3) is 17.7 Å². The zero-order valence-electron chi connectivity index (χ0n) is 18.1. The Morgan fingerprint density at radius 2 is 1.93 bits per heavy atom. The molecule has 2 aromatic carbocycles. The van der Waals surface area contributed by atoms with Gasteiger partial charge in [0.25, 0.3) is 0 Å². The average Bonchev–Trinajstić information content (AvgIpc) is 2.65. The third kappa shape index (κ3) is 3.08. The average molecular weight is 382 g/mol. The molecular weight excluding hydrogens is 350 g/mol. The lowest BCUT2D eigenvalue weighted by Crippen LogP contribution is -2.37. The normalized spacial score (nSPS) is 24.5. The molecule has 0 aromatic heterocycles. The third-order valence-electron chi connectivity index (χ3n) is 6.76. The van der Waals surface area contributed by atoms with E-state index >= 15 is 0 Å². The van der Waals surface area contributed by atoms with Crippen molar-refractivity contribution in [3.05, 3.63) is 81.3 Å². The van der Waals surface area contributed by atoms with Crippen LogP contribution in [0.15, 0.2) is 54.1 Å². The van der Waals surface area contributed by atoms with Gasteiger partial charge in [-0.05, 0) is 76.3 Å². The SMILES string of the molecule is C=C1CC(C)(C)CC2=C1C(c1cccc(C)c1)Nc1ccc3c(c12)=CC(C)CC=3. The highest BCUT2D eigenvalue weighted by atomic mass is 14.9. The van der Waals surface area contributed by atoms with E-state index < -0.39 is 0 Å². The second kappa shape index (κ2) is 6.49. The van der Waals surface area contributed by atoms with Crippen molar-refractivity contribution in [1.82, 2.24) is 0 Å². The Balaban J connectivity index is 1.81. The van der Waals surface area contributed by atoms with Gasteiger partial charge in [-0.15, -0.1) is 0 Å². The summed E-state index contributed by atoms with van der Waals surface area (Å²) in [6, 6.07) is 13.7. The van der Waals surface area contributed by atoms with Crippen molar-refractivity contribution in [1.29, 1.82) is 0 Å². The van der Waals surface area contributed by atoms with Crippen LogP contribution in [-0.2, 0) is 0 Å². The molecule has 3 aliphatic rings. The number of benzene rings is 2. The van der Waals surface area contributed by atoms with Crippen molar-refractivity contribution in [3.63, 3.8) is 0 Å². The minimum atomic E-state index is 0.184. The highest BCUT2D eigenvalue weighted by Crippen LogP contribution is 2.52. The molecule has 29 heavy (non-hydrogen) atoms. The molecule has 2 atom stereocenters. The first-order chi connectivity index (χ1) is 13.8. The molecule has 0 saturated heterocycles. The number of nitrogens with one attached hydrogen (secondary N) is 1. The molecule has 1 heteroatoms. The molecule has 1 aliphatic heterocycles. The van der Waals surface area contributed by atoms with Gasteiger partial charge in [0.2, 0.25) is 0 Å². The quantitative estimate of drug-likeness (QED) is 0.649. The highest BCUT2D eigenvalue weighted by Gasteiger charge is 2.38. The van der Waals surface area contributed by atoms with Gasteiger partial charge >= 0.3 is 0 Å². The van der Waals surface area contributed by atoms with Gasteiger partial charge in [-0.25, -0.2) is 0 Å². The fourth-order valence-corrected chi connectivity index (χ4v) is 5.56. The Morgan fingerprint density at radius 3 is 2.72 bits per heavy atom. The molecule has 1 heterocycles. The first-order valence-corrected chi connectivity index (χ1v) is 10.9. The Morgan fingerprint density at radius 1 is 1.10 bits per heavy atom. The van der Waals surface area contributed by atoms with Crippen LogP contribution >= 0.6 is 0 Å². The van der Waals surface area contributed by atoms with Crippen molar-refractivity contribution < 1.29 is 0 Å². The number of rotatable bonds is 1. The Hall–Kier alpha value is -2.54. The lowest BCUT2D eigenvalue weighted by Gasteiger charge is -2.42. The molecule has 2 unspecified atom stereocenters. The van der Waals surface area contributed by atoms with Crippen molar-refractivity contribution in [3.8, 4) is 0 Å². The van der Waals surface area contributed by atoms with Gasteiger partial charge in [0.15, 0.2) is 0 Å². The molecule has 2 aromatic rings. The largest absolute Gasteiger partial charge is 0.374 e. The third-order valence-corrected chi connectivity index (χ3v) is 6.76. The Labute approximate surface area is 174 Å². The number of hydrogen-bond acceptors (Lipinski definition) is 1. The monoisotopic (exact) mass is 381 g/mol. The van der Waals surface area contributed by atoms with E-state index in [0.717, 1.165) is 19.3 Å². The van der Waals surface area contributed by atoms with Crippen molar-refractivity contribution in [2.75, 3.05) is 5.32 Å². The zero-order valence-corrected chi connectivity index (χ0v) is 18.1. The second-order valence-corrected chi connectivity index (χ2v) is 10.1. The number of allylic oxidation sites excluding steroid dienone is 1. The van der Waals surface area contributed by atoms with Crippen LogP contribution in [0.3, 0.4) is 0 Å². The van der Waals surface area contributed by atoms with Crippen LogP contribution in [0.4, 0.5) is 5.69 Å². The van der Waals surface area contributed by atoms with E-state index in [9.17, 15) is 0 Å². The van der Waals surface area contributed by atoms with E-state index in [1.807, 2.05) is 0 Å². The first kappa shape index (κ1) is 18.5. The number of fused-ring (bicyclic) bond motifs is 4. The Bertz CT molecular complexity index is 1180. The molecule has 1 N–H and O–H groups in total. The van der Waals surface area contributed by atoms with Crippen LogP contribution in [0.2, 0.25) is 0 Å². The van der Waals surface area contributed by atoms with Gasteiger partial charge in [-0.3, -0.25) is 0 Å². The predicted octanol–water partition coefficient (Wildman–Crippen LogP) is 5.89. The van der Waals surface area contributed by atoms with E-state index in [1.165, 1.54) is 49.5 Å². The zero-order chi connectivity index (χ0) is 20.3. The fraction of sp³-hybridized carbons (Fsp3) is 0.357. The molecule has 0 saturated carbocycles. The maximum Gasteiger partial charge on any atom is 0.0773 e. The van der Waals surface area contributed by atoms with Crippen LogP contribution in [-0.4, -0.2) is 0 Å². The highest BCUT2D eigenvalue weighted by molar-refractivity contribution is 5.87. The van der Waals surface area contributed by atoms with Gasteiger partial charge in [0.1, 0.15) is 0 Å². The van der Waals surface area contributed by atoms with Gasteiger partial charge in [0, 0.05) is 11.3 Å². The van der Waals surface area contributed by atoms with Gasteiger partial charge in [-0.2, -0.15) is 0 Å². The van der Waals surface area contributed by atoms with Crippen LogP contribution < -0.4 is 15.8 Å². The summed E-state index contributed by atoms with van der Waals surface area (Å²) < 4.78 is 0. The Kier molecular flexibility index (Phi) is 4.13. The maximum absolute atomic E-state index is 4.58. The minimum Gasteiger partial charge on any atom is -0.374 e. The van der Waals surface area contributed by atoms with E-state index in [-0.39, 0.29) is 11.5 Å². The minimum absolute atomic E-state index is 0.184. The summed E-state index contributed by atoms with van der Waals surface area (Å²) in [4.78, 5) is 0. The number of hydrogen-bond donors (Lipinski definition) is 1. The summed E-state index contributed by atoms with van der Waals surface area (Å²) in [5, 5.41) is 6.72. The maximum atomic E-state index is 4.58. The summed E-state index contributed by atoms with van der Waals surface area (Å²) in [5.41, 5.74) is 9.84. The standard InChI is InChI=1S/C28H31N/c1-17-7-6-8-21(13-17)27-25-19(3)15-28(4,5)16-23(25)26-22-14-18(2)9-10-20(22)11-12-24(26)29-27/h6-8,10-14,18,27,29H,3,9,15-16H2,1-2,4-5H3. The molecule has 148 valence electrons. The first-order valence-electron chi connectivity index (χ1n) is 10.9. The van der Waals surface area contributed by atoms with Crippen LogP contribution in [0.1, 0.15) is 62.8 Å². The van der Waals surface area contributed by atoms with E-state index in [2.05, 4.69) is 88.1 Å². The summed E-state index contributed by atoms with van der Waals surface area (Å²) in [5.74, 6) is 0.590. The summed E-state index contributed by atoms with van der Waals surface area (Å²) in [6.45, 7) is 13.9. The van der Waals surface area contributed by atoms with Crippen LogP contribution in [0.5, 0.6) is 0 Å². The predicted molar refractivity (Wildman–Crippen MR) is 125 cm³/mol. The molecule has 0 fully saturated rings. The molecule has 0 amide bonds. The summed E-state index contributed by atoms with van der Waals surface area (Å²) >= 11 is 0. The number of aryl methyl sites for hydroxylation is 1. The molecule has 0 radical (unpaired) electrons. The van der Waals surface area contributed by atoms with Crippen molar-refractivity contribution in [2.24, 2.45) is 11.3 Å².